The van der Waals surface area contributed by atoms with Gasteiger partial charge in [0.05, 0.1) is 13.2 Å². The van der Waals surface area contributed by atoms with Crippen molar-refractivity contribution >= 4 is 5.69 Å². The molecule has 27 heavy (non-hydrogen) atoms. The maximum atomic E-state index is 5.54. The summed E-state index contributed by atoms with van der Waals surface area (Å²) in [6, 6.07) is 7.32. The van der Waals surface area contributed by atoms with Gasteiger partial charge in [-0.3, -0.25) is 0 Å². The molecule has 1 aromatic carbocycles. The van der Waals surface area contributed by atoms with E-state index in [4.69, 9.17) is 4.74 Å². The Morgan fingerprint density at radius 3 is 2.81 bits per heavy atom. The average molecular weight is 374 g/mol. The molecule has 3 aliphatic heterocycles. The third-order valence-electron chi connectivity index (χ3n) is 6.06. The van der Waals surface area contributed by atoms with Gasteiger partial charge in [-0.1, -0.05) is 12.1 Å². The summed E-state index contributed by atoms with van der Waals surface area (Å²) in [6.07, 6.45) is 2.36. The predicted molar refractivity (Wildman–Crippen MR) is 111 cm³/mol. The third kappa shape index (κ3) is 5.21. The number of ether oxygens (including phenoxy) is 1. The Labute approximate surface area is 163 Å². The number of hydrogen-bond donors (Lipinski definition) is 3. The molecular weight excluding hydrogens is 338 g/mol. The first-order valence-electron chi connectivity index (χ1n) is 10.7. The lowest BCUT2D eigenvalue weighted by Gasteiger charge is -2.34. The van der Waals surface area contributed by atoms with E-state index in [1.165, 1.54) is 37.3 Å². The fourth-order valence-electron chi connectivity index (χ4n) is 4.48. The van der Waals surface area contributed by atoms with E-state index in [1.54, 1.807) is 5.56 Å². The zero-order valence-electron chi connectivity index (χ0n) is 16.5. The molecule has 0 radical (unpaired) electrons. The van der Waals surface area contributed by atoms with Gasteiger partial charge in [0.2, 0.25) is 0 Å². The smallest absolute Gasteiger partial charge is 0.0642 e. The molecule has 2 saturated heterocycles. The molecule has 4 rings (SSSR count). The second-order valence-electron chi connectivity index (χ2n) is 7.95. The highest BCUT2D eigenvalue weighted by Crippen LogP contribution is 2.28. The monoisotopic (exact) mass is 373 g/mol. The summed E-state index contributed by atoms with van der Waals surface area (Å²) >= 11 is 0. The number of nitrogens with one attached hydrogen (secondary N) is 3. The van der Waals surface area contributed by atoms with Crippen molar-refractivity contribution in [3.05, 3.63) is 29.3 Å². The fourth-order valence-corrected chi connectivity index (χ4v) is 4.48. The third-order valence-corrected chi connectivity index (χ3v) is 6.06. The minimum absolute atomic E-state index is 0.527. The molecule has 0 bridgehead atoms. The Kier molecular flexibility index (Phi) is 6.98. The van der Waals surface area contributed by atoms with Crippen molar-refractivity contribution in [1.29, 1.82) is 0 Å². The van der Waals surface area contributed by atoms with Crippen LogP contribution in [0, 0.1) is 0 Å². The number of anilines is 1. The standard InChI is InChI=1S/C21H35N5O/c1-3-18-16-24-19(17-23-5-2-8-25-9-6-22-7-10-25)15-20(18)21(4-1)26-11-13-27-14-12-26/h1,3-4,19,22-24H,2,5-17H2. The minimum atomic E-state index is 0.527. The molecule has 1 atom stereocenters. The first-order chi connectivity index (χ1) is 13.4. The van der Waals surface area contributed by atoms with Crippen LogP contribution in [0.4, 0.5) is 5.69 Å². The van der Waals surface area contributed by atoms with Crippen LogP contribution in [0.5, 0.6) is 0 Å². The molecule has 3 N–H and O–H groups in total. The van der Waals surface area contributed by atoms with Crippen LogP contribution in [0.25, 0.3) is 0 Å². The van der Waals surface area contributed by atoms with Crippen molar-refractivity contribution < 1.29 is 4.74 Å². The molecule has 3 heterocycles. The lowest BCUT2D eigenvalue weighted by Crippen LogP contribution is -2.45. The van der Waals surface area contributed by atoms with Gasteiger partial charge in [0.1, 0.15) is 0 Å². The molecule has 0 aromatic heterocycles. The van der Waals surface area contributed by atoms with Gasteiger partial charge < -0.3 is 30.5 Å². The molecule has 0 saturated carbocycles. The van der Waals surface area contributed by atoms with E-state index in [2.05, 4.69) is 43.9 Å². The van der Waals surface area contributed by atoms with Gasteiger partial charge in [-0.05, 0) is 43.1 Å². The summed E-state index contributed by atoms with van der Waals surface area (Å²) in [5.41, 5.74) is 4.45. The van der Waals surface area contributed by atoms with Crippen LogP contribution in [0.15, 0.2) is 18.2 Å². The summed E-state index contributed by atoms with van der Waals surface area (Å²) in [7, 11) is 0. The quantitative estimate of drug-likeness (QED) is 0.603. The summed E-state index contributed by atoms with van der Waals surface area (Å²) in [5, 5.41) is 10.8. The molecule has 3 aliphatic rings. The number of nitrogens with zero attached hydrogens (tertiary/aromatic N) is 2. The van der Waals surface area contributed by atoms with Crippen LogP contribution < -0.4 is 20.9 Å². The molecule has 0 amide bonds. The van der Waals surface area contributed by atoms with Crippen molar-refractivity contribution in [1.82, 2.24) is 20.9 Å². The molecule has 150 valence electrons. The van der Waals surface area contributed by atoms with E-state index in [-0.39, 0.29) is 0 Å². The van der Waals surface area contributed by atoms with Gasteiger partial charge in [-0.25, -0.2) is 0 Å². The first kappa shape index (κ1) is 19.2. The Morgan fingerprint density at radius 1 is 1.11 bits per heavy atom. The molecular formula is C21H35N5O. The number of hydrogen-bond acceptors (Lipinski definition) is 6. The molecule has 2 fully saturated rings. The van der Waals surface area contributed by atoms with E-state index < -0.39 is 0 Å². The normalized spacial score (nSPS) is 24.0. The van der Waals surface area contributed by atoms with Gasteiger partial charge in [0.15, 0.2) is 0 Å². The summed E-state index contributed by atoms with van der Waals surface area (Å²) in [5.74, 6) is 0. The maximum absolute atomic E-state index is 5.54. The van der Waals surface area contributed by atoms with Crippen LogP contribution in [0.2, 0.25) is 0 Å². The van der Waals surface area contributed by atoms with Crippen LogP contribution in [-0.2, 0) is 17.7 Å². The second-order valence-corrected chi connectivity index (χ2v) is 7.95. The highest BCUT2D eigenvalue weighted by atomic mass is 16.5. The molecule has 0 aliphatic carbocycles. The molecule has 1 aromatic rings. The number of fused-ring (bicyclic) bond motifs is 1. The number of morpholine rings is 1. The number of rotatable bonds is 7. The summed E-state index contributed by atoms with van der Waals surface area (Å²) < 4.78 is 5.54. The zero-order chi connectivity index (χ0) is 18.3. The van der Waals surface area contributed by atoms with Crippen LogP contribution in [0.3, 0.4) is 0 Å². The van der Waals surface area contributed by atoms with Crippen molar-refractivity contribution in [3.8, 4) is 0 Å². The molecule has 1 unspecified atom stereocenters. The van der Waals surface area contributed by atoms with E-state index in [1.807, 2.05) is 0 Å². The Morgan fingerprint density at radius 2 is 1.96 bits per heavy atom. The minimum Gasteiger partial charge on any atom is -0.378 e. The van der Waals surface area contributed by atoms with Crippen LogP contribution >= 0.6 is 0 Å². The largest absolute Gasteiger partial charge is 0.378 e. The molecule has 6 heteroatoms. The van der Waals surface area contributed by atoms with Crippen LogP contribution in [-0.4, -0.2) is 83.1 Å². The van der Waals surface area contributed by atoms with Gasteiger partial charge >= 0.3 is 0 Å². The lowest BCUT2D eigenvalue weighted by molar-refractivity contribution is 0.122. The van der Waals surface area contributed by atoms with Gasteiger partial charge in [-0.15, -0.1) is 0 Å². The Bertz CT molecular complexity index is 584. The van der Waals surface area contributed by atoms with Crippen LogP contribution in [0.1, 0.15) is 17.5 Å². The molecule has 0 spiro atoms. The van der Waals surface area contributed by atoms with E-state index in [0.29, 0.717) is 6.04 Å². The Hall–Kier alpha value is -1.18. The van der Waals surface area contributed by atoms with Gasteiger partial charge in [0.25, 0.3) is 0 Å². The van der Waals surface area contributed by atoms with Crippen molar-refractivity contribution in [2.75, 3.05) is 77.0 Å². The van der Waals surface area contributed by atoms with Crippen molar-refractivity contribution in [2.45, 2.75) is 25.4 Å². The molecule has 6 nitrogen and oxygen atoms in total. The number of benzene rings is 1. The SMILES string of the molecule is c1cc2c(c(N3CCOCC3)c1)CC(CNCCCN1CCNCC1)NC2. The van der Waals surface area contributed by atoms with E-state index in [9.17, 15) is 0 Å². The predicted octanol–water partition coefficient (Wildman–Crippen LogP) is 0.422. The fraction of sp³-hybridized carbons (Fsp3) is 0.714. The summed E-state index contributed by atoms with van der Waals surface area (Å²) in [6.45, 7) is 12.8. The maximum Gasteiger partial charge on any atom is 0.0642 e. The lowest BCUT2D eigenvalue weighted by atomic mass is 9.93. The second kappa shape index (κ2) is 9.85. The average Bonchev–Trinajstić information content (AvgIpc) is 2.74. The van der Waals surface area contributed by atoms with Gasteiger partial charge in [0, 0.05) is 64.1 Å². The van der Waals surface area contributed by atoms with E-state index in [0.717, 1.165) is 65.4 Å². The zero-order valence-corrected chi connectivity index (χ0v) is 16.5. The van der Waals surface area contributed by atoms with E-state index >= 15 is 0 Å². The van der Waals surface area contributed by atoms with Gasteiger partial charge in [-0.2, -0.15) is 0 Å². The topological polar surface area (TPSA) is 51.8 Å². The summed E-state index contributed by atoms with van der Waals surface area (Å²) in [4.78, 5) is 5.08. The highest BCUT2D eigenvalue weighted by molar-refractivity contribution is 5.58. The highest BCUT2D eigenvalue weighted by Gasteiger charge is 2.23. The first-order valence-corrected chi connectivity index (χ1v) is 10.7. The number of piperazine rings is 1. The van der Waals surface area contributed by atoms with Crippen molar-refractivity contribution in [3.63, 3.8) is 0 Å². The Balaban J connectivity index is 1.24. The van der Waals surface area contributed by atoms with Crippen molar-refractivity contribution in [2.24, 2.45) is 0 Å².